The van der Waals surface area contributed by atoms with Crippen LogP contribution < -0.4 is 15.2 Å². The first-order valence-electron chi connectivity index (χ1n) is 5.25. The first-order chi connectivity index (χ1) is 7.65. The van der Waals surface area contributed by atoms with Gasteiger partial charge in [0.25, 0.3) is 0 Å². The zero-order valence-electron chi connectivity index (χ0n) is 9.97. The molecule has 1 aromatic carbocycles. The van der Waals surface area contributed by atoms with Gasteiger partial charge in [-0.2, -0.15) is 0 Å². The standard InChI is InChI=1S/C12H18ClNO2/c1-8-10(13)7-9(5-4-6-14)12(16-3)11(8)15-2/h7H,4-6,14H2,1-3H3. The van der Waals surface area contributed by atoms with Gasteiger partial charge in [0, 0.05) is 10.6 Å². The lowest BCUT2D eigenvalue weighted by Crippen LogP contribution is -2.03. The fourth-order valence-corrected chi connectivity index (χ4v) is 1.92. The highest BCUT2D eigenvalue weighted by Crippen LogP contribution is 2.39. The lowest BCUT2D eigenvalue weighted by Gasteiger charge is -2.16. The van der Waals surface area contributed by atoms with E-state index < -0.39 is 0 Å². The summed E-state index contributed by atoms with van der Waals surface area (Å²) in [7, 11) is 3.25. The number of nitrogens with two attached hydrogens (primary N) is 1. The highest BCUT2D eigenvalue weighted by molar-refractivity contribution is 6.31. The fraction of sp³-hybridized carbons (Fsp3) is 0.500. The predicted octanol–water partition coefficient (Wildman–Crippen LogP) is 2.56. The number of aryl methyl sites for hydroxylation is 1. The van der Waals surface area contributed by atoms with Crippen molar-refractivity contribution in [2.24, 2.45) is 5.73 Å². The molecule has 0 aromatic heterocycles. The lowest BCUT2D eigenvalue weighted by molar-refractivity contribution is 0.349. The van der Waals surface area contributed by atoms with Crippen LogP contribution in [0.2, 0.25) is 5.02 Å². The summed E-state index contributed by atoms with van der Waals surface area (Å²) in [5, 5.41) is 0.699. The van der Waals surface area contributed by atoms with Gasteiger partial charge in [0.15, 0.2) is 11.5 Å². The van der Waals surface area contributed by atoms with Crippen LogP contribution in [0, 0.1) is 6.92 Å². The average molecular weight is 244 g/mol. The van der Waals surface area contributed by atoms with Gasteiger partial charge >= 0.3 is 0 Å². The number of hydrogen-bond acceptors (Lipinski definition) is 3. The third-order valence-electron chi connectivity index (χ3n) is 2.56. The molecule has 90 valence electrons. The number of methoxy groups -OCH3 is 2. The second kappa shape index (κ2) is 5.97. The normalized spacial score (nSPS) is 10.3. The van der Waals surface area contributed by atoms with Crippen LogP contribution in [0.5, 0.6) is 11.5 Å². The van der Waals surface area contributed by atoms with E-state index >= 15 is 0 Å². The van der Waals surface area contributed by atoms with Crippen molar-refractivity contribution in [3.05, 3.63) is 22.2 Å². The molecule has 4 heteroatoms. The molecule has 0 atom stereocenters. The van der Waals surface area contributed by atoms with Crippen molar-refractivity contribution in [2.45, 2.75) is 19.8 Å². The number of ether oxygens (including phenoxy) is 2. The first-order valence-corrected chi connectivity index (χ1v) is 5.63. The van der Waals surface area contributed by atoms with E-state index in [1.165, 1.54) is 0 Å². The molecular formula is C12H18ClNO2. The van der Waals surface area contributed by atoms with E-state index in [1.807, 2.05) is 13.0 Å². The van der Waals surface area contributed by atoms with Gasteiger partial charge in [0.1, 0.15) is 0 Å². The number of halogens is 1. The van der Waals surface area contributed by atoms with Crippen molar-refractivity contribution in [1.29, 1.82) is 0 Å². The third kappa shape index (κ3) is 2.60. The molecule has 0 aliphatic rings. The second-order valence-corrected chi connectivity index (χ2v) is 4.01. The quantitative estimate of drug-likeness (QED) is 0.865. The fourth-order valence-electron chi connectivity index (χ4n) is 1.70. The topological polar surface area (TPSA) is 44.5 Å². The van der Waals surface area contributed by atoms with Crippen molar-refractivity contribution in [2.75, 3.05) is 20.8 Å². The molecule has 0 aliphatic carbocycles. The van der Waals surface area contributed by atoms with Crippen molar-refractivity contribution in [1.82, 2.24) is 0 Å². The molecule has 0 saturated carbocycles. The van der Waals surface area contributed by atoms with E-state index in [-0.39, 0.29) is 0 Å². The first kappa shape index (κ1) is 13.1. The van der Waals surface area contributed by atoms with Crippen LogP contribution in [-0.2, 0) is 6.42 Å². The average Bonchev–Trinajstić information content (AvgIpc) is 2.29. The molecule has 0 radical (unpaired) electrons. The van der Waals surface area contributed by atoms with Crippen molar-refractivity contribution >= 4 is 11.6 Å². The monoisotopic (exact) mass is 243 g/mol. The highest BCUT2D eigenvalue weighted by Gasteiger charge is 2.15. The molecular weight excluding hydrogens is 226 g/mol. The van der Waals surface area contributed by atoms with Gasteiger partial charge in [-0.25, -0.2) is 0 Å². The smallest absolute Gasteiger partial charge is 0.165 e. The maximum Gasteiger partial charge on any atom is 0.165 e. The highest BCUT2D eigenvalue weighted by atomic mass is 35.5. The Balaban J connectivity index is 3.20. The van der Waals surface area contributed by atoms with Crippen molar-refractivity contribution in [3.63, 3.8) is 0 Å². The molecule has 0 bridgehead atoms. The van der Waals surface area contributed by atoms with Crippen LogP contribution in [0.15, 0.2) is 6.07 Å². The van der Waals surface area contributed by atoms with Crippen LogP contribution >= 0.6 is 11.6 Å². The van der Waals surface area contributed by atoms with E-state index in [9.17, 15) is 0 Å². The SMILES string of the molecule is COc1c(CCCN)cc(Cl)c(C)c1OC. The summed E-state index contributed by atoms with van der Waals surface area (Å²) in [6.07, 6.45) is 1.74. The zero-order chi connectivity index (χ0) is 12.1. The van der Waals surface area contributed by atoms with Gasteiger partial charge in [-0.3, -0.25) is 0 Å². The van der Waals surface area contributed by atoms with Gasteiger partial charge in [-0.05, 0) is 37.9 Å². The molecule has 1 aromatic rings. The molecule has 0 saturated heterocycles. The molecule has 0 spiro atoms. The molecule has 0 unspecified atom stereocenters. The summed E-state index contributed by atoms with van der Waals surface area (Å²) in [6.45, 7) is 2.56. The van der Waals surface area contributed by atoms with Crippen LogP contribution in [-0.4, -0.2) is 20.8 Å². The van der Waals surface area contributed by atoms with Crippen molar-refractivity contribution < 1.29 is 9.47 Å². The molecule has 0 aliphatic heterocycles. The Bertz CT molecular complexity index is 367. The molecule has 16 heavy (non-hydrogen) atoms. The van der Waals surface area contributed by atoms with E-state index in [0.717, 1.165) is 29.7 Å². The number of benzene rings is 1. The van der Waals surface area contributed by atoms with Crippen molar-refractivity contribution in [3.8, 4) is 11.5 Å². The Hall–Kier alpha value is -0.930. The molecule has 0 heterocycles. The van der Waals surface area contributed by atoms with Gasteiger partial charge in [-0.1, -0.05) is 11.6 Å². The summed E-state index contributed by atoms with van der Waals surface area (Å²) >= 11 is 6.14. The van der Waals surface area contributed by atoms with Crippen LogP contribution in [0.3, 0.4) is 0 Å². The Morgan fingerprint density at radius 3 is 2.38 bits per heavy atom. The minimum Gasteiger partial charge on any atom is -0.493 e. The summed E-state index contributed by atoms with van der Waals surface area (Å²) in [5.74, 6) is 1.47. The number of hydrogen-bond donors (Lipinski definition) is 1. The number of rotatable bonds is 5. The summed E-state index contributed by atoms with van der Waals surface area (Å²) < 4.78 is 10.7. The zero-order valence-corrected chi connectivity index (χ0v) is 10.7. The summed E-state index contributed by atoms with van der Waals surface area (Å²) in [6, 6.07) is 1.92. The molecule has 0 amide bonds. The minimum atomic E-state index is 0.650. The molecule has 3 nitrogen and oxygen atoms in total. The minimum absolute atomic E-state index is 0.650. The Morgan fingerprint density at radius 2 is 1.88 bits per heavy atom. The second-order valence-electron chi connectivity index (χ2n) is 3.60. The van der Waals surface area contributed by atoms with E-state index in [0.29, 0.717) is 17.3 Å². The molecule has 0 fully saturated rings. The third-order valence-corrected chi connectivity index (χ3v) is 2.95. The van der Waals surface area contributed by atoms with E-state index in [1.54, 1.807) is 14.2 Å². The summed E-state index contributed by atoms with van der Waals surface area (Å²) in [4.78, 5) is 0. The maximum atomic E-state index is 6.14. The van der Waals surface area contributed by atoms with Crippen LogP contribution in [0.1, 0.15) is 17.5 Å². The summed E-state index contributed by atoms with van der Waals surface area (Å²) in [5.41, 5.74) is 7.44. The molecule has 2 N–H and O–H groups in total. The largest absolute Gasteiger partial charge is 0.493 e. The Labute approximate surface area is 101 Å². The molecule has 1 rings (SSSR count). The van der Waals surface area contributed by atoms with Gasteiger partial charge in [0.2, 0.25) is 0 Å². The predicted molar refractivity (Wildman–Crippen MR) is 66.7 cm³/mol. The Morgan fingerprint density at radius 1 is 1.25 bits per heavy atom. The maximum absolute atomic E-state index is 6.14. The van der Waals surface area contributed by atoms with Crippen LogP contribution in [0.4, 0.5) is 0 Å². The van der Waals surface area contributed by atoms with E-state index in [4.69, 9.17) is 26.8 Å². The Kier molecular flexibility index (Phi) is 4.90. The van der Waals surface area contributed by atoms with Gasteiger partial charge in [0.05, 0.1) is 14.2 Å². The van der Waals surface area contributed by atoms with E-state index in [2.05, 4.69) is 0 Å². The lowest BCUT2D eigenvalue weighted by atomic mass is 10.0. The van der Waals surface area contributed by atoms with Gasteiger partial charge in [-0.15, -0.1) is 0 Å². The van der Waals surface area contributed by atoms with Gasteiger partial charge < -0.3 is 15.2 Å². The van der Waals surface area contributed by atoms with Crippen LogP contribution in [0.25, 0.3) is 0 Å².